The van der Waals surface area contributed by atoms with Crippen LogP contribution in [0.1, 0.15) is 28.8 Å². The van der Waals surface area contributed by atoms with Gasteiger partial charge in [-0.1, -0.05) is 12.1 Å². The smallest absolute Gasteiger partial charge is 0.259 e. The Hall–Kier alpha value is -3.35. The molecular weight excluding hydrogens is 368 g/mol. The summed E-state index contributed by atoms with van der Waals surface area (Å²) in [4.78, 5) is 19.0. The topological polar surface area (TPSA) is 69.5 Å². The van der Waals surface area contributed by atoms with Crippen LogP contribution in [0.5, 0.6) is 11.6 Å². The highest BCUT2D eigenvalue weighted by Crippen LogP contribution is 2.49. The van der Waals surface area contributed by atoms with Gasteiger partial charge >= 0.3 is 0 Å². The van der Waals surface area contributed by atoms with Crippen molar-refractivity contribution in [3.8, 4) is 22.9 Å². The van der Waals surface area contributed by atoms with E-state index in [1.54, 1.807) is 18.3 Å². The number of hydrogen-bond donors (Lipinski definition) is 0. The average molecular weight is 390 g/mol. The lowest BCUT2D eigenvalue weighted by molar-refractivity contribution is -0.00181. The van der Waals surface area contributed by atoms with Crippen molar-refractivity contribution in [3.63, 3.8) is 0 Å². The number of hydrogen-bond acceptors (Lipinski definition) is 5. The Kier molecular flexibility index (Phi) is 4.04. The van der Waals surface area contributed by atoms with Crippen LogP contribution in [0.3, 0.4) is 0 Å². The molecule has 1 aromatic carbocycles. The van der Waals surface area contributed by atoms with E-state index in [0.717, 1.165) is 22.6 Å². The fraction of sp³-hybridized carbons (Fsp3) is 0.318. The minimum absolute atomic E-state index is 0.0626. The van der Waals surface area contributed by atoms with Crippen molar-refractivity contribution in [2.24, 2.45) is 7.05 Å². The van der Waals surface area contributed by atoms with Gasteiger partial charge in [0, 0.05) is 50.3 Å². The molecule has 2 aliphatic rings. The van der Waals surface area contributed by atoms with Gasteiger partial charge in [-0.2, -0.15) is 5.10 Å². The highest BCUT2D eigenvalue weighted by Gasteiger charge is 2.46. The molecule has 2 aromatic heterocycles. The molecule has 1 fully saturated rings. The molecule has 3 aromatic rings. The molecule has 7 nitrogen and oxygen atoms in total. The van der Waals surface area contributed by atoms with Gasteiger partial charge < -0.3 is 14.4 Å². The summed E-state index contributed by atoms with van der Waals surface area (Å²) in [5, 5.41) is 4.50. The monoisotopic (exact) mass is 390 g/mol. The quantitative estimate of drug-likeness (QED) is 0.673. The number of pyridine rings is 1. The van der Waals surface area contributed by atoms with Crippen LogP contribution in [0.25, 0.3) is 11.3 Å². The molecule has 0 N–H and O–H groups in total. The van der Waals surface area contributed by atoms with Gasteiger partial charge in [-0.3, -0.25) is 9.48 Å². The summed E-state index contributed by atoms with van der Waals surface area (Å²) in [7, 11) is 3.49. The number of nitrogens with zero attached hydrogens (tertiary/aromatic N) is 4. The minimum Gasteiger partial charge on any atom is -0.482 e. The zero-order chi connectivity index (χ0) is 20.0. The molecule has 5 rings (SSSR count). The standard InChI is InChI=1S/C22H22N4O3/c1-25-19-15-6-3-4-8-18(15)29-22(17(19)14-24-25)9-12-26(13-10-22)21(27)16-7-5-11-23-20(16)28-2/h3-8,11,14H,9-10,12-13H2,1-2H3. The first-order valence-corrected chi connectivity index (χ1v) is 9.72. The Morgan fingerprint density at radius 3 is 2.76 bits per heavy atom. The summed E-state index contributed by atoms with van der Waals surface area (Å²) in [6, 6.07) is 11.6. The summed E-state index contributed by atoms with van der Waals surface area (Å²) < 4.78 is 13.7. The molecule has 1 spiro atoms. The van der Waals surface area contributed by atoms with Gasteiger partial charge in [0.2, 0.25) is 5.88 Å². The zero-order valence-electron chi connectivity index (χ0n) is 16.5. The number of para-hydroxylation sites is 1. The maximum absolute atomic E-state index is 13.0. The molecule has 29 heavy (non-hydrogen) atoms. The lowest BCUT2D eigenvalue weighted by Gasteiger charge is -2.44. The molecule has 0 radical (unpaired) electrons. The SMILES string of the molecule is COc1ncccc1C(=O)N1CCC2(CC1)Oc1ccccc1-c1c2cnn1C. The molecule has 1 saturated heterocycles. The van der Waals surface area contributed by atoms with E-state index >= 15 is 0 Å². The number of methoxy groups -OCH3 is 1. The van der Waals surface area contributed by atoms with Crippen LogP contribution in [0.15, 0.2) is 48.8 Å². The van der Waals surface area contributed by atoms with Crippen molar-refractivity contribution in [3.05, 3.63) is 59.9 Å². The molecular formula is C22H22N4O3. The first-order chi connectivity index (χ1) is 14.1. The van der Waals surface area contributed by atoms with Gasteiger partial charge in [-0.25, -0.2) is 4.98 Å². The second-order valence-electron chi connectivity index (χ2n) is 7.48. The van der Waals surface area contributed by atoms with Crippen molar-refractivity contribution in [1.29, 1.82) is 0 Å². The highest BCUT2D eigenvalue weighted by atomic mass is 16.5. The van der Waals surface area contributed by atoms with Gasteiger partial charge in [0.25, 0.3) is 5.91 Å². The summed E-state index contributed by atoms with van der Waals surface area (Å²) >= 11 is 0. The number of carbonyl (C=O) groups excluding carboxylic acids is 1. The predicted octanol–water partition coefficient (Wildman–Crippen LogP) is 3.01. The number of piperidine rings is 1. The molecule has 7 heteroatoms. The minimum atomic E-state index is -0.465. The fourth-order valence-electron chi connectivity index (χ4n) is 4.44. The van der Waals surface area contributed by atoms with E-state index in [2.05, 4.69) is 16.1 Å². The largest absolute Gasteiger partial charge is 0.482 e. The maximum atomic E-state index is 13.0. The number of benzene rings is 1. The van der Waals surface area contributed by atoms with Crippen molar-refractivity contribution in [2.75, 3.05) is 20.2 Å². The van der Waals surface area contributed by atoms with E-state index in [4.69, 9.17) is 9.47 Å². The molecule has 0 atom stereocenters. The zero-order valence-corrected chi connectivity index (χ0v) is 16.5. The van der Waals surface area contributed by atoms with Crippen LogP contribution in [-0.2, 0) is 12.6 Å². The molecule has 0 bridgehead atoms. The number of rotatable bonds is 2. The van der Waals surface area contributed by atoms with Crippen LogP contribution < -0.4 is 9.47 Å². The van der Waals surface area contributed by atoms with E-state index < -0.39 is 5.60 Å². The molecule has 2 aliphatic heterocycles. The summed E-state index contributed by atoms with van der Waals surface area (Å²) in [5.41, 5.74) is 3.29. The van der Waals surface area contributed by atoms with Gasteiger partial charge in [0.1, 0.15) is 16.9 Å². The van der Waals surface area contributed by atoms with E-state index in [1.807, 2.05) is 41.0 Å². The number of likely N-dealkylation sites (tertiary alicyclic amines) is 1. The van der Waals surface area contributed by atoms with E-state index in [-0.39, 0.29) is 5.91 Å². The van der Waals surface area contributed by atoms with Crippen LogP contribution in [0.2, 0.25) is 0 Å². The Morgan fingerprint density at radius 2 is 1.97 bits per heavy atom. The normalized spacial score (nSPS) is 16.7. The molecule has 0 unspecified atom stereocenters. The Balaban J connectivity index is 1.44. The average Bonchev–Trinajstić information content (AvgIpc) is 3.17. The number of amides is 1. The summed E-state index contributed by atoms with van der Waals surface area (Å²) in [6.07, 6.45) is 4.94. The van der Waals surface area contributed by atoms with Crippen LogP contribution in [0, 0.1) is 0 Å². The molecule has 0 saturated carbocycles. The van der Waals surface area contributed by atoms with Crippen molar-refractivity contribution in [1.82, 2.24) is 19.7 Å². The Bertz CT molecular complexity index is 1080. The maximum Gasteiger partial charge on any atom is 0.259 e. The lowest BCUT2D eigenvalue weighted by Crippen LogP contribution is -2.49. The third-order valence-electron chi connectivity index (χ3n) is 5.93. The number of fused-ring (bicyclic) bond motifs is 4. The summed E-state index contributed by atoms with van der Waals surface area (Å²) in [5.74, 6) is 1.17. The Labute approximate surface area is 168 Å². The lowest BCUT2D eigenvalue weighted by atomic mass is 9.81. The van der Waals surface area contributed by atoms with Crippen molar-refractivity contribution >= 4 is 5.91 Å². The first kappa shape index (κ1) is 17.7. The molecule has 4 heterocycles. The van der Waals surface area contributed by atoms with E-state index in [9.17, 15) is 4.79 Å². The Morgan fingerprint density at radius 1 is 1.17 bits per heavy atom. The van der Waals surface area contributed by atoms with Gasteiger partial charge in [0.05, 0.1) is 19.0 Å². The summed E-state index contributed by atoms with van der Waals surface area (Å²) in [6.45, 7) is 1.18. The van der Waals surface area contributed by atoms with Crippen LogP contribution in [0.4, 0.5) is 0 Å². The van der Waals surface area contributed by atoms with Gasteiger partial charge in [0.15, 0.2) is 0 Å². The van der Waals surface area contributed by atoms with Crippen LogP contribution in [-0.4, -0.2) is 45.8 Å². The molecule has 0 aliphatic carbocycles. The molecule has 148 valence electrons. The third-order valence-corrected chi connectivity index (χ3v) is 5.93. The predicted molar refractivity (Wildman–Crippen MR) is 107 cm³/mol. The second kappa shape index (κ2) is 6.62. The number of ether oxygens (including phenoxy) is 2. The van der Waals surface area contributed by atoms with Gasteiger partial charge in [-0.15, -0.1) is 0 Å². The highest BCUT2D eigenvalue weighted by molar-refractivity contribution is 5.96. The fourth-order valence-corrected chi connectivity index (χ4v) is 4.44. The number of aromatic nitrogens is 3. The second-order valence-corrected chi connectivity index (χ2v) is 7.48. The number of aryl methyl sites for hydroxylation is 1. The van der Waals surface area contributed by atoms with Crippen molar-refractivity contribution < 1.29 is 14.3 Å². The van der Waals surface area contributed by atoms with E-state index in [0.29, 0.717) is 37.4 Å². The van der Waals surface area contributed by atoms with Crippen molar-refractivity contribution in [2.45, 2.75) is 18.4 Å². The third kappa shape index (κ3) is 2.68. The van der Waals surface area contributed by atoms with Gasteiger partial charge in [-0.05, 0) is 24.3 Å². The number of carbonyl (C=O) groups is 1. The van der Waals surface area contributed by atoms with Crippen LogP contribution >= 0.6 is 0 Å². The first-order valence-electron chi connectivity index (χ1n) is 9.72. The molecule has 1 amide bonds. The van der Waals surface area contributed by atoms with E-state index in [1.165, 1.54) is 7.11 Å².